The molecule has 2 atom stereocenters. The highest BCUT2D eigenvalue weighted by atomic mass is 32.2. The van der Waals surface area contributed by atoms with Crippen LogP contribution < -0.4 is 5.32 Å². The van der Waals surface area contributed by atoms with Crippen molar-refractivity contribution in [3.63, 3.8) is 0 Å². The zero-order chi connectivity index (χ0) is 23.9. The summed E-state index contributed by atoms with van der Waals surface area (Å²) in [4.78, 5) is 15.6. The summed E-state index contributed by atoms with van der Waals surface area (Å²) in [6.07, 6.45) is 3.51. The van der Waals surface area contributed by atoms with Gasteiger partial charge in [-0.25, -0.2) is 0 Å². The molecule has 2 unspecified atom stereocenters. The van der Waals surface area contributed by atoms with Crippen molar-refractivity contribution in [2.24, 2.45) is 0 Å². The van der Waals surface area contributed by atoms with Crippen LogP contribution in [0.1, 0.15) is 62.9 Å². The molecule has 0 bridgehead atoms. The smallest absolute Gasteiger partial charge is 0.237 e. The average molecular weight is 478 g/mol. The molecule has 1 saturated heterocycles. The van der Waals surface area contributed by atoms with Gasteiger partial charge in [0.2, 0.25) is 5.91 Å². The molecular formula is C27H35N5OS. The second kappa shape index (κ2) is 11.7. The summed E-state index contributed by atoms with van der Waals surface area (Å²) in [6, 6.07) is 18.5. The number of amides is 1. The number of nitrogens with zero attached hydrogens (tertiary/aromatic N) is 4. The molecule has 2 heterocycles. The number of aromatic nitrogens is 3. The molecule has 2 aromatic carbocycles. The number of hydrogen-bond donors (Lipinski definition) is 1. The maximum absolute atomic E-state index is 13.1. The quantitative estimate of drug-likeness (QED) is 0.388. The Hall–Kier alpha value is -2.64. The third-order valence-corrected chi connectivity index (χ3v) is 7.63. The first-order valence-electron chi connectivity index (χ1n) is 12.3. The number of rotatable bonds is 10. The first kappa shape index (κ1) is 24.5. The van der Waals surface area contributed by atoms with Crippen LogP contribution in [0.3, 0.4) is 0 Å². The number of carbonyl (C=O) groups is 1. The van der Waals surface area contributed by atoms with Gasteiger partial charge in [0.05, 0.1) is 18.3 Å². The number of thioether (sulfide) groups is 1. The second-order valence-corrected chi connectivity index (χ2v) is 10.4. The number of likely N-dealkylation sites (tertiary alicyclic amines) is 1. The van der Waals surface area contributed by atoms with Gasteiger partial charge in [-0.3, -0.25) is 9.69 Å². The van der Waals surface area contributed by atoms with Crippen LogP contribution in [0.15, 0.2) is 59.8 Å². The molecule has 7 heteroatoms. The fourth-order valence-electron chi connectivity index (χ4n) is 4.30. The van der Waals surface area contributed by atoms with E-state index in [4.69, 9.17) is 0 Å². The molecule has 1 aliphatic heterocycles. The van der Waals surface area contributed by atoms with Crippen molar-refractivity contribution in [2.75, 3.05) is 18.4 Å². The van der Waals surface area contributed by atoms with Crippen LogP contribution in [0.2, 0.25) is 0 Å². The Morgan fingerprint density at radius 2 is 1.71 bits per heavy atom. The van der Waals surface area contributed by atoms with E-state index in [1.165, 1.54) is 35.7 Å². The van der Waals surface area contributed by atoms with E-state index in [1.807, 2.05) is 31.2 Å². The number of benzene rings is 2. The average Bonchev–Trinajstić information content (AvgIpc) is 3.50. The minimum absolute atomic E-state index is 0.0175. The number of para-hydroxylation sites is 1. The van der Waals surface area contributed by atoms with Gasteiger partial charge in [0, 0.05) is 5.69 Å². The first-order chi connectivity index (χ1) is 16.5. The molecular weight excluding hydrogens is 442 g/mol. The van der Waals surface area contributed by atoms with Crippen molar-refractivity contribution in [2.45, 2.75) is 69.4 Å². The maximum atomic E-state index is 13.1. The minimum Gasteiger partial charge on any atom is -0.325 e. The standard InChI is InChI=1S/C27H35N5OS/c1-4-20(2)23-14-8-9-15-24(23)28-26(33)21(3)34-27-30-29-25(19-31-16-10-11-17-31)32(27)18-22-12-6-5-7-13-22/h5-9,12-15,20-21H,4,10-11,16-19H2,1-3H3,(H,28,33). The zero-order valence-electron chi connectivity index (χ0n) is 20.4. The van der Waals surface area contributed by atoms with Gasteiger partial charge in [0.25, 0.3) is 0 Å². The van der Waals surface area contributed by atoms with Gasteiger partial charge in [-0.2, -0.15) is 0 Å². The van der Waals surface area contributed by atoms with E-state index >= 15 is 0 Å². The minimum atomic E-state index is -0.302. The van der Waals surface area contributed by atoms with Gasteiger partial charge in [0.15, 0.2) is 5.16 Å². The van der Waals surface area contributed by atoms with E-state index in [0.29, 0.717) is 12.5 Å². The monoisotopic (exact) mass is 477 g/mol. The van der Waals surface area contributed by atoms with Crippen molar-refractivity contribution in [3.8, 4) is 0 Å². The van der Waals surface area contributed by atoms with Crippen molar-refractivity contribution in [3.05, 3.63) is 71.5 Å². The summed E-state index contributed by atoms with van der Waals surface area (Å²) in [5.74, 6) is 1.33. The largest absolute Gasteiger partial charge is 0.325 e. The number of hydrogen-bond acceptors (Lipinski definition) is 5. The lowest BCUT2D eigenvalue weighted by Crippen LogP contribution is -2.24. The molecule has 0 radical (unpaired) electrons. The molecule has 6 nitrogen and oxygen atoms in total. The molecule has 34 heavy (non-hydrogen) atoms. The molecule has 1 aromatic heterocycles. The Morgan fingerprint density at radius 3 is 2.44 bits per heavy atom. The van der Waals surface area contributed by atoms with Crippen molar-refractivity contribution in [1.82, 2.24) is 19.7 Å². The zero-order valence-corrected chi connectivity index (χ0v) is 21.2. The van der Waals surface area contributed by atoms with E-state index in [-0.39, 0.29) is 11.2 Å². The normalized spacial score (nSPS) is 15.9. The van der Waals surface area contributed by atoms with E-state index in [1.54, 1.807) is 0 Å². The molecule has 3 aromatic rings. The van der Waals surface area contributed by atoms with Gasteiger partial charge in [0.1, 0.15) is 5.82 Å². The van der Waals surface area contributed by atoms with Gasteiger partial charge in [-0.05, 0) is 62.4 Å². The molecule has 1 N–H and O–H groups in total. The highest BCUT2D eigenvalue weighted by Gasteiger charge is 2.23. The van der Waals surface area contributed by atoms with Gasteiger partial charge in [-0.1, -0.05) is 74.1 Å². The second-order valence-electron chi connectivity index (χ2n) is 9.10. The van der Waals surface area contributed by atoms with Crippen LogP contribution in [0.25, 0.3) is 0 Å². The summed E-state index contributed by atoms with van der Waals surface area (Å²) in [5, 5.41) is 12.7. The van der Waals surface area contributed by atoms with Gasteiger partial charge < -0.3 is 9.88 Å². The van der Waals surface area contributed by atoms with Crippen molar-refractivity contribution in [1.29, 1.82) is 0 Å². The molecule has 1 aliphatic rings. The van der Waals surface area contributed by atoms with Crippen LogP contribution >= 0.6 is 11.8 Å². The lowest BCUT2D eigenvalue weighted by Gasteiger charge is -2.18. The Labute approximate surface area is 207 Å². The topological polar surface area (TPSA) is 63.1 Å². The Bertz CT molecular complexity index is 1080. The predicted molar refractivity (Wildman–Crippen MR) is 139 cm³/mol. The lowest BCUT2D eigenvalue weighted by atomic mass is 9.97. The molecule has 180 valence electrons. The van der Waals surface area contributed by atoms with E-state index in [0.717, 1.165) is 42.7 Å². The predicted octanol–water partition coefficient (Wildman–Crippen LogP) is 5.56. The number of carbonyl (C=O) groups excluding carboxylic acids is 1. The number of anilines is 1. The third kappa shape index (κ3) is 6.07. The first-order valence-corrected chi connectivity index (χ1v) is 13.2. The van der Waals surface area contributed by atoms with E-state index in [9.17, 15) is 4.79 Å². The highest BCUT2D eigenvalue weighted by molar-refractivity contribution is 8.00. The Balaban J connectivity index is 1.51. The Kier molecular flexibility index (Phi) is 8.40. The van der Waals surface area contributed by atoms with Gasteiger partial charge >= 0.3 is 0 Å². The number of nitrogens with one attached hydrogen (secondary N) is 1. The molecule has 1 amide bonds. The fourth-order valence-corrected chi connectivity index (χ4v) is 5.16. The Morgan fingerprint density at radius 1 is 1.00 bits per heavy atom. The fraction of sp³-hybridized carbons (Fsp3) is 0.444. The summed E-state index contributed by atoms with van der Waals surface area (Å²) in [6.45, 7) is 10.0. The third-order valence-electron chi connectivity index (χ3n) is 6.55. The SMILES string of the molecule is CCC(C)c1ccccc1NC(=O)C(C)Sc1nnc(CN2CCCC2)n1Cc1ccccc1. The van der Waals surface area contributed by atoms with E-state index < -0.39 is 0 Å². The van der Waals surface area contributed by atoms with Crippen molar-refractivity contribution >= 4 is 23.4 Å². The molecule has 0 aliphatic carbocycles. The summed E-state index contributed by atoms with van der Waals surface area (Å²) in [7, 11) is 0. The summed E-state index contributed by atoms with van der Waals surface area (Å²) < 4.78 is 2.18. The van der Waals surface area contributed by atoms with Crippen LogP contribution in [-0.4, -0.2) is 43.9 Å². The van der Waals surface area contributed by atoms with Gasteiger partial charge in [-0.15, -0.1) is 10.2 Å². The van der Waals surface area contributed by atoms with E-state index in [2.05, 4.69) is 69.2 Å². The van der Waals surface area contributed by atoms with Crippen molar-refractivity contribution < 1.29 is 4.79 Å². The van der Waals surface area contributed by atoms with Crippen LogP contribution in [0.4, 0.5) is 5.69 Å². The summed E-state index contributed by atoms with van der Waals surface area (Å²) in [5.41, 5.74) is 3.27. The van der Waals surface area contributed by atoms with Crippen LogP contribution in [-0.2, 0) is 17.9 Å². The summed E-state index contributed by atoms with van der Waals surface area (Å²) >= 11 is 1.47. The molecule has 4 rings (SSSR count). The van der Waals surface area contributed by atoms with Crippen LogP contribution in [0, 0.1) is 0 Å². The lowest BCUT2D eigenvalue weighted by molar-refractivity contribution is -0.115. The highest BCUT2D eigenvalue weighted by Crippen LogP contribution is 2.29. The van der Waals surface area contributed by atoms with Crippen LogP contribution in [0.5, 0.6) is 0 Å². The maximum Gasteiger partial charge on any atom is 0.237 e. The molecule has 0 saturated carbocycles. The molecule has 1 fully saturated rings. The molecule has 0 spiro atoms.